The fourth-order valence-electron chi connectivity index (χ4n) is 3.48. The number of thioether (sulfide) groups is 1. The standard InChI is InChI=1S/C24H28N6O4S/c1-15(2)21(26-23(32)18-11-8-12-19(13-18)30(33)34)22-27-28-24(29(22)4)35-14-20(31)25-16(3)17-9-6-5-7-10-17/h5-13,15-16,21H,14H2,1-4H3,(H,25,31)(H,26,32)/t16-,21+/m1/s1. The number of amides is 2. The highest BCUT2D eigenvalue weighted by atomic mass is 32.2. The van der Waals surface area contributed by atoms with Gasteiger partial charge in [0.2, 0.25) is 5.91 Å². The van der Waals surface area contributed by atoms with Gasteiger partial charge in [-0.2, -0.15) is 0 Å². The van der Waals surface area contributed by atoms with Gasteiger partial charge in [0, 0.05) is 24.7 Å². The third-order valence-electron chi connectivity index (χ3n) is 5.43. The van der Waals surface area contributed by atoms with Crippen molar-refractivity contribution in [3.63, 3.8) is 0 Å². The summed E-state index contributed by atoms with van der Waals surface area (Å²) in [7, 11) is 1.77. The normalized spacial score (nSPS) is 12.7. The molecule has 0 aliphatic carbocycles. The smallest absolute Gasteiger partial charge is 0.270 e. The molecule has 0 unspecified atom stereocenters. The molecule has 0 aliphatic heterocycles. The van der Waals surface area contributed by atoms with Crippen molar-refractivity contribution in [1.29, 1.82) is 0 Å². The molecular weight excluding hydrogens is 468 g/mol. The summed E-state index contributed by atoms with van der Waals surface area (Å²) >= 11 is 1.25. The summed E-state index contributed by atoms with van der Waals surface area (Å²) in [5.41, 5.74) is 1.05. The summed E-state index contributed by atoms with van der Waals surface area (Å²) in [6, 6.07) is 14.7. The fourth-order valence-corrected chi connectivity index (χ4v) is 4.20. The third kappa shape index (κ3) is 6.66. The van der Waals surface area contributed by atoms with Gasteiger partial charge in [-0.15, -0.1) is 10.2 Å². The molecule has 0 bridgehead atoms. The average Bonchev–Trinajstić information content (AvgIpc) is 3.21. The number of benzene rings is 2. The fraction of sp³-hybridized carbons (Fsp3) is 0.333. The zero-order valence-corrected chi connectivity index (χ0v) is 20.8. The molecule has 3 aromatic rings. The molecule has 0 fully saturated rings. The third-order valence-corrected chi connectivity index (χ3v) is 6.45. The maximum atomic E-state index is 12.8. The first-order chi connectivity index (χ1) is 16.7. The van der Waals surface area contributed by atoms with E-state index in [4.69, 9.17) is 0 Å². The number of non-ortho nitro benzene ring substituents is 1. The molecule has 11 heteroatoms. The average molecular weight is 497 g/mol. The van der Waals surface area contributed by atoms with Crippen molar-refractivity contribution < 1.29 is 14.5 Å². The molecule has 2 aromatic carbocycles. The van der Waals surface area contributed by atoms with E-state index in [2.05, 4.69) is 20.8 Å². The zero-order valence-electron chi connectivity index (χ0n) is 20.0. The Bertz CT molecular complexity index is 1200. The Kier molecular flexibility index (Phi) is 8.58. The van der Waals surface area contributed by atoms with Gasteiger partial charge in [0.1, 0.15) is 0 Å². The monoisotopic (exact) mass is 496 g/mol. The highest BCUT2D eigenvalue weighted by molar-refractivity contribution is 7.99. The summed E-state index contributed by atoms with van der Waals surface area (Å²) in [6.45, 7) is 5.78. The van der Waals surface area contributed by atoms with Crippen LogP contribution in [0.5, 0.6) is 0 Å². The Labute approximate surface area is 207 Å². The number of nitro benzene ring substituents is 1. The first-order valence-corrected chi connectivity index (χ1v) is 12.1. The minimum atomic E-state index is -0.542. The molecular formula is C24H28N6O4S. The zero-order chi connectivity index (χ0) is 25.5. The summed E-state index contributed by atoms with van der Waals surface area (Å²) in [6.07, 6.45) is 0. The molecule has 0 radical (unpaired) electrons. The Morgan fingerprint density at radius 1 is 1.06 bits per heavy atom. The molecule has 0 saturated heterocycles. The van der Waals surface area contributed by atoms with Gasteiger partial charge in [-0.25, -0.2) is 0 Å². The molecule has 0 spiro atoms. The lowest BCUT2D eigenvalue weighted by atomic mass is 10.0. The number of hydrogen-bond donors (Lipinski definition) is 2. The van der Waals surface area contributed by atoms with E-state index >= 15 is 0 Å². The molecule has 184 valence electrons. The molecule has 3 rings (SSSR count). The molecule has 2 amide bonds. The van der Waals surface area contributed by atoms with E-state index in [1.807, 2.05) is 51.1 Å². The quantitative estimate of drug-likeness (QED) is 0.248. The molecule has 0 aliphatic rings. The van der Waals surface area contributed by atoms with Gasteiger partial charge < -0.3 is 15.2 Å². The Hall–Kier alpha value is -3.73. The number of nitro groups is 1. The number of rotatable bonds is 10. The van der Waals surface area contributed by atoms with Gasteiger partial charge in [0.15, 0.2) is 11.0 Å². The topological polar surface area (TPSA) is 132 Å². The van der Waals surface area contributed by atoms with E-state index in [-0.39, 0.29) is 34.9 Å². The first-order valence-electron chi connectivity index (χ1n) is 11.1. The molecule has 35 heavy (non-hydrogen) atoms. The van der Waals surface area contributed by atoms with Crippen LogP contribution in [0.4, 0.5) is 5.69 Å². The lowest BCUT2D eigenvalue weighted by molar-refractivity contribution is -0.384. The molecule has 0 saturated carbocycles. The lowest BCUT2D eigenvalue weighted by Gasteiger charge is -2.21. The van der Waals surface area contributed by atoms with Crippen LogP contribution in [-0.4, -0.2) is 37.3 Å². The molecule has 1 aromatic heterocycles. The van der Waals surface area contributed by atoms with Crippen molar-refractivity contribution >= 4 is 29.3 Å². The van der Waals surface area contributed by atoms with Crippen LogP contribution in [0.15, 0.2) is 59.8 Å². The Morgan fingerprint density at radius 3 is 2.43 bits per heavy atom. The van der Waals surface area contributed by atoms with Gasteiger partial charge >= 0.3 is 0 Å². The van der Waals surface area contributed by atoms with Crippen LogP contribution >= 0.6 is 11.8 Å². The van der Waals surface area contributed by atoms with Crippen molar-refractivity contribution in [2.45, 2.75) is 38.0 Å². The second kappa shape index (κ2) is 11.6. The number of hydrogen-bond acceptors (Lipinski definition) is 7. The van der Waals surface area contributed by atoms with Gasteiger partial charge in [-0.1, -0.05) is 62.0 Å². The number of aromatic nitrogens is 3. The lowest BCUT2D eigenvalue weighted by Crippen LogP contribution is -2.33. The minimum Gasteiger partial charge on any atom is -0.349 e. The Morgan fingerprint density at radius 2 is 1.77 bits per heavy atom. The molecule has 2 atom stereocenters. The number of carbonyl (C=O) groups excluding carboxylic acids is 2. The Balaban J connectivity index is 1.66. The first kappa shape index (κ1) is 25.9. The van der Waals surface area contributed by atoms with E-state index in [0.717, 1.165) is 5.56 Å². The van der Waals surface area contributed by atoms with Crippen LogP contribution in [0.3, 0.4) is 0 Å². The second-order valence-electron chi connectivity index (χ2n) is 8.39. The summed E-state index contributed by atoms with van der Waals surface area (Å²) in [4.78, 5) is 35.8. The molecule has 1 heterocycles. The van der Waals surface area contributed by atoms with Crippen LogP contribution < -0.4 is 10.6 Å². The maximum Gasteiger partial charge on any atom is 0.270 e. The van der Waals surface area contributed by atoms with E-state index in [1.54, 1.807) is 11.6 Å². The molecule has 2 N–H and O–H groups in total. The van der Waals surface area contributed by atoms with Crippen LogP contribution in [0.1, 0.15) is 54.6 Å². The van der Waals surface area contributed by atoms with E-state index < -0.39 is 16.9 Å². The second-order valence-corrected chi connectivity index (χ2v) is 9.33. The van der Waals surface area contributed by atoms with Crippen molar-refractivity contribution in [3.05, 3.63) is 81.7 Å². The SMILES string of the molecule is CC(C)[C@H](NC(=O)c1cccc([N+](=O)[O-])c1)c1nnc(SCC(=O)N[C@H](C)c2ccccc2)n1C. The number of carbonyl (C=O) groups is 2. The summed E-state index contributed by atoms with van der Waals surface area (Å²) in [5.74, 6) is 0.0807. The molecule has 10 nitrogen and oxygen atoms in total. The summed E-state index contributed by atoms with van der Waals surface area (Å²) in [5, 5.41) is 25.9. The van der Waals surface area contributed by atoms with Crippen molar-refractivity contribution in [2.75, 3.05) is 5.75 Å². The van der Waals surface area contributed by atoms with Crippen LogP contribution in [-0.2, 0) is 11.8 Å². The predicted octanol–water partition coefficient (Wildman–Crippen LogP) is 3.82. The minimum absolute atomic E-state index is 0.0339. The van der Waals surface area contributed by atoms with Crippen molar-refractivity contribution in [2.24, 2.45) is 13.0 Å². The van der Waals surface area contributed by atoms with E-state index in [0.29, 0.717) is 11.0 Å². The van der Waals surface area contributed by atoms with E-state index in [1.165, 1.54) is 36.0 Å². The summed E-state index contributed by atoms with van der Waals surface area (Å²) < 4.78 is 1.75. The van der Waals surface area contributed by atoms with Gasteiger partial charge in [0.05, 0.1) is 22.8 Å². The van der Waals surface area contributed by atoms with Crippen LogP contribution in [0.25, 0.3) is 0 Å². The number of nitrogens with one attached hydrogen (secondary N) is 2. The highest BCUT2D eigenvalue weighted by Crippen LogP contribution is 2.25. The van der Waals surface area contributed by atoms with Gasteiger partial charge in [0.25, 0.3) is 11.6 Å². The van der Waals surface area contributed by atoms with Gasteiger partial charge in [-0.3, -0.25) is 19.7 Å². The van der Waals surface area contributed by atoms with Crippen LogP contribution in [0, 0.1) is 16.0 Å². The number of nitrogens with zero attached hydrogens (tertiary/aromatic N) is 4. The highest BCUT2D eigenvalue weighted by Gasteiger charge is 2.26. The predicted molar refractivity (Wildman–Crippen MR) is 133 cm³/mol. The van der Waals surface area contributed by atoms with Crippen LogP contribution in [0.2, 0.25) is 0 Å². The van der Waals surface area contributed by atoms with Gasteiger partial charge in [-0.05, 0) is 24.5 Å². The van der Waals surface area contributed by atoms with Crippen molar-refractivity contribution in [3.8, 4) is 0 Å². The van der Waals surface area contributed by atoms with E-state index in [9.17, 15) is 19.7 Å². The largest absolute Gasteiger partial charge is 0.349 e. The van der Waals surface area contributed by atoms with Crippen molar-refractivity contribution in [1.82, 2.24) is 25.4 Å². The maximum absolute atomic E-state index is 12.8.